The van der Waals surface area contributed by atoms with Crippen molar-refractivity contribution >= 4 is 0 Å². The third-order valence-corrected chi connectivity index (χ3v) is 2.61. The van der Waals surface area contributed by atoms with Crippen molar-refractivity contribution in [3.8, 4) is 6.07 Å². The standard InChI is InChI=1S/C11H13N3/c12-7-10-5-4-9(8-14-10)11-3-1-2-6-13-11/h4-5,8,11,13H,1-3,6H2/t11-/m0/s1. The van der Waals surface area contributed by atoms with E-state index in [0.717, 1.165) is 6.54 Å². The lowest BCUT2D eigenvalue weighted by Crippen LogP contribution is -2.26. The molecule has 1 aliphatic rings. The lowest BCUT2D eigenvalue weighted by atomic mass is 9.99. The Hall–Kier alpha value is -1.40. The normalized spacial score (nSPS) is 21.5. The van der Waals surface area contributed by atoms with Crippen LogP contribution in [-0.2, 0) is 0 Å². The number of nitriles is 1. The Balaban J connectivity index is 2.12. The minimum Gasteiger partial charge on any atom is -0.310 e. The average molecular weight is 187 g/mol. The van der Waals surface area contributed by atoms with Crippen molar-refractivity contribution in [1.29, 1.82) is 5.26 Å². The summed E-state index contributed by atoms with van der Waals surface area (Å²) >= 11 is 0. The number of hydrogen-bond donors (Lipinski definition) is 1. The maximum Gasteiger partial charge on any atom is 0.140 e. The molecule has 0 bridgehead atoms. The molecule has 0 radical (unpaired) electrons. The van der Waals surface area contributed by atoms with E-state index in [1.54, 1.807) is 6.07 Å². The lowest BCUT2D eigenvalue weighted by molar-refractivity contribution is 0.411. The van der Waals surface area contributed by atoms with Gasteiger partial charge in [0, 0.05) is 12.2 Å². The first kappa shape index (κ1) is 9.17. The number of hydrogen-bond acceptors (Lipinski definition) is 3. The molecule has 1 N–H and O–H groups in total. The smallest absolute Gasteiger partial charge is 0.140 e. The second kappa shape index (κ2) is 4.21. The molecule has 14 heavy (non-hydrogen) atoms. The molecule has 72 valence electrons. The van der Waals surface area contributed by atoms with Crippen LogP contribution in [0.25, 0.3) is 0 Å². The number of nitrogens with one attached hydrogen (secondary N) is 1. The summed E-state index contributed by atoms with van der Waals surface area (Å²) in [4.78, 5) is 4.07. The molecule has 1 fully saturated rings. The van der Waals surface area contributed by atoms with Crippen molar-refractivity contribution in [2.75, 3.05) is 6.54 Å². The highest BCUT2D eigenvalue weighted by Gasteiger charge is 2.14. The van der Waals surface area contributed by atoms with Gasteiger partial charge in [-0.25, -0.2) is 4.98 Å². The zero-order valence-electron chi connectivity index (χ0n) is 8.03. The fraction of sp³-hybridized carbons (Fsp3) is 0.455. The zero-order chi connectivity index (χ0) is 9.80. The molecule has 2 rings (SSSR count). The second-order valence-electron chi connectivity index (χ2n) is 3.59. The van der Waals surface area contributed by atoms with Gasteiger partial charge in [0.25, 0.3) is 0 Å². The van der Waals surface area contributed by atoms with Gasteiger partial charge >= 0.3 is 0 Å². The van der Waals surface area contributed by atoms with E-state index >= 15 is 0 Å². The van der Waals surface area contributed by atoms with Crippen LogP contribution in [0.2, 0.25) is 0 Å². The molecule has 0 spiro atoms. The van der Waals surface area contributed by atoms with Crippen LogP contribution in [0.5, 0.6) is 0 Å². The molecule has 1 atom stereocenters. The van der Waals surface area contributed by atoms with Crippen LogP contribution in [0, 0.1) is 11.3 Å². The van der Waals surface area contributed by atoms with Gasteiger partial charge in [0.2, 0.25) is 0 Å². The first-order valence-electron chi connectivity index (χ1n) is 4.99. The Morgan fingerprint density at radius 2 is 2.36 bits per heavy atom. The molecule has 0 saturated carbocycles. The fourth-order valence-electron chi connectivity index (χ4n) is 1.81. The molecule has 3 heteroatoms. The molecule has 1 saturated heterocycles. The number of rotatable bonds is 1. The monoisotopic (exact) mass is 187 g/mol. The molecule has 1 aromatic heterocycles. The lowest BCUT2D eigenvalue weighted by Gasteiger charge is -2.23. The van der Waals surface area contributed by atoms with Gasteiger partial charge in [-0.3, -0.25) is 0 Å². The Kier molecular flexibility index (Phi) is 2.76. The van der Waals surface area contributed by atoms with Gasteiger partial charge in [-0.05, 0) is 31.0 Å². The largest absolute Gasteiger partial charge is 0.310 e. The van der Waals surface area contributed by atoms with Crippen molar-refractivity contribution in [3.05, 3.63) is 29.6 Å². The summed E-state index contributed by atoms with van der Waals surface area (Å²) in [6.45, 7) is 1.09. The van der Waals surface area contributed by atoms with Crippen molar-refractivity contribution in [1.82, 2.24) is 10.3 Å². The van der Waals surface area contributed by atoms with E-state index in [9.17, 15) is 0 Å². The number of aromatic nitrogens is 1. The average Bonchev–Trinajstić information content (AvgIpc) is 2.30. The quantitative estimate of drug-likeness (QED) is 0.728. The van der Waals surface area contributed by atoms with E-state index in [1.165, 1.54) is 24.8 Å². The molecular formula is C11H13N3. The van der Waals surface area contributed by atoms with Gasteiger partial charge in [-0.1, -0.05) is 12.5 Å². The Morgan fingerprint density at radius 3 is 2.93 bits per heavy atom. The van der Waals surface area contributed by atoms with Gasteiger partial charge < -0.3 is 5.32 Å². The highest BCUT2D eigenvalue weighted by Crippen LogP contribution is 2.21. The second-order valence-corrected chi connectivity index (χ2v) is 3.59. The molecule has 0 aromatic carbocycles. The zero-order valence-corrected chi connectivity index (χ0v) is 8.03. The van der Waals surface area contributed by atoms with Crippen molar-refractivity contribution in [2.24, 2.45) is 0 Å². The number of nitrogens with zero attached hydrogens (tertiary/aromatic N) is 2. The molecule has 0 amide bonds. The van der Waals surface area contributed by atoms with Gasteiger partial charge in [-0.2, -0.15) is 5.26 Å². The van der Waals surface area contributed by atoms with Crippen LogP contribution in [0.15, 0.2) is 18.3 Å². The van der Waals surface area contributed by atoms with E-state index in [4.69, 9.17) is 5.26 Å². The van der Waals surface area contributed by atoms with Crippen molar-refractivity contribution in [3.63, 3.8) is 0 Å². The minimum absolute atomic E-state index is 0.434. The Morgan fingerprint density at radius 1 is 1.43 bits per heavy atom. The SMILES string of the molecule is N#Cc1ccc([C@@H]2CCCCN2)cn1. The molecule has 1 aliphatic heterocycles. The highest BCUT2D eigenvalue weighted by atomic mass is 14.9. The third-order valence-electron chi connectivity index (χ3n) is 2.61. The van der Waals surface area contributed by atoms with Crippen molar-refractivity contribution in [2.45, 2.75) is 25.3 Å². The van der Waals surface area contributed by atoms with Crippen LogP contribution in [-0.4, -0.2) is 11.5 Å². The molecule has 1 aromatic rings. The fourth-order valence-corrected chi connectivity index (χ4v) is 1.81. The van der Waals surface area contributed by atoms with Crippen LogP contribution in [0.1, 0.15) is 36.6 Å². The van der Waals surface area contributed by atoms with Gasteiger partial charge in [0.15, 0.2) is 0 Å². The first-order valence-corrected chi connectivity index (χ1v) is 4.99. The van der Waals surface area contributed by atoms with Crippen LogP contribution >= 0.6 is 0 Å². The molecule has 3 nitrogen and oxygen atoms in total. The van der Waals surface area contributed by atoms with Gasteiger partial charge in [0.05, 0.1) is 0 Å². The third kappa shape index (κ3) is 1.91. The Bertz CT molecular complexity index is 331. The summed E-state index contributed by atoms with van der Waals surface area (Å²) < 4.78 is 0. The maximum atomic E-state index is 8.61. The Labute approximate surface area is 83.8 Å². The van der Waals surface area contributed by atoms with E-state index in [2.05, 4.69) is 10.3 Å². The van der Waals surface area contributed by atoms with Gasteiger partial charge in [0.1, 0.15) is 11.8 Å². The summed E-state index contributed by atoms with van der Waals surface area (Å²) in [5.41, 5.74) is 1.69. The predicted octanol–water partition coefficient (Wildman–Crippen LogP) is 1.77. The van der Waals surface area contributed by atoms with E-state index in [0.29, 0.717) is 11.7 Å². The van der Waals surface area contributed by atoms with Crippen LogP contribution in [0.4, 0.5) is 0 Å². The predicted molar refractivity (Wildman–Crippen MR) is 53.5 cm³/mol. The summed E-state index contributed by atoms with van der Waals surface area (Å²) in [6, 6.07) is 6.24. The van der Waals surface area contributed by atoms with Crippen LogP contribution in [0.3, 0.4) is 0 Å². The maximum absolute atomic E-state index is 8.61. The van der Waals surface area contributed by atoms with E-state index in [-0.39, 0.29) is 0 Å². The first-order chi connectivity index (χ1) is 6.90. The molecule has 0 unspecified atom stereocenters. The van der Waals surface area contributed by atoms with Crippen molar-refractivity contribution < 1.29 is 0 Å². The molecule has 2 heterocycles. The summed E-state index contributed by atoms with van der Waals surface area (Å²) in [6.07, 6.45) is 5.52. The van der Waals surface area contributed by atoms with Gasteiger partial charge in [-0.15, -0.1) is 0 Å². The summed E-state index contributed by atoms with van der Waals surface area (Å²) in [5.74, 6) is 0. The summed E-state index contributed by atoms with van der Waals surface area (Å²) in [5, 5.41) is 12.1. The molecule has 0 aliphatic carbocycles. The highest BCUT2D eigenvalue weighted by molar-refractivity contribution is 5.25. The summed E-state index contributed by atoms with van der Waals surface area (Å²) in [7, 11) is 0. The number of piperidine rings is 1. The molecular weight excluding hydrogens is 174 g/mol. The minimum atomic E-state index is 0.434. The number of pyridine rings is 1. The van der Waals surface area contributed by atoms with E-state index in [1.807, 2.05) is 18.3 Å². The van der Waals surface area contributed by atoms with Crippen LogP contribution < -0.4 is 5.32 Å². The topological polar surface area (TPSA) is 48.7 Å². The van der Waals surface area contributed by atoms with E-state index < -0.39 is 0 Å².